The lowest BCUT2D eigenvalue weighted by molar-refractivity contribution is -0.137. The van der Waals surface area contributed by atoms with Crippen molar-refractivity contribution >= 4 is 11.6 Å². The van der Waals surface area contributed by atoms with E-state index >= 15 is 0 Å². The van der Waals surface area contributed by atoms with Gasteiger partial charge in [0.1, 0.15) is 11.5 Å². The summed E-state index contributed by atoms with van der Waals surface area (Å²) in [6.07, 6.45) is -4.57. The molecule has 2 aromatic carbocycles. The molecule has 0 spiro atoms. The molecule has 2 aromatic rings. The van der Waals surface area contributed by atoms with E-state index in [9.17, 15) is 13.2 Å². The Morgan fingerprint density at radius 1 is 1.05 bits per heavy atom. The molecule has 0 amide bonds. The van der Waals surface area contributed by atoms with Gasteiger partial charge in [-0.2, -0.15) is 18.4 Å². The first-order chi connectivity index (χ1) is 9.40. The maximum Gasteiger partial charge on any atom is 0.417 e. The van der Waals surface area contributed by atoms with Crippen LogP contribution >= 0.6 is 11.6 Å². The highest BCUT2D eigenvalue weighted by molar-refractivity contribution is 6.30. The molecular formula is C14H7ClF3NO. The van der Waals surface area contributed by atoms with Gasteiger partial charge in [-0.05, 0) is 36.4 Å². The summed E-state index contributed by atoms with van der Waals surface area (Å²) in [6.45, 7) is 0. The van der Waals surface area contributed by atoms with Gasteiger partial charge in [0.25, 0.3) is 0 Å². The van der Waals surface area contributed by atoms with Gasteiger partial charge in [0.2, 0.25) is 0 Å². The molecule has 0 unspecified atom stereocenters. The zero-order chi connectivity index (χ0) is 14.8. The van der Waals surface area contributed by atoms with Crippen molar-refractivity contribution in [3.63, 3.8) is 0 Å². The Hall–Kier alpha value is -2.19. The van der Waals surface area contributed by atoms with Gasteiger partial charge in [0.15, 0.2) is 0 Å². The molecular weight excluding hydrogens is 291 g/mol. The van der Waals surface area contributed by atoms with Gasteiger partial charge in [-0.15, -0.1) is 0 Å². The standard InChI is InChI=1S/C14H7ClF3NO/c15-10-2-1-3-11(7-10)20-12-4-5-13(14(16,17)18)9(6-12)8-19/h1-7H. The van der Waals surface area contributed by atoms with Gasteiger partial charge in [0.05, 0.1) is 17.2 Å². The summed E-state index contributed by atoms with van der Waals surface area (Å²) in [4.78, 5) is 0. The SMILES string of the molecule is N#Cc1cc(Oc2cccc(Cl)c2)ccc1C(F)(F)F. The fourth-order valence-corrected chi connectivity index (χ4v) is 1.77. The Balaban J connectivity index is 2.34. The van der Waals surface area contributed by atoms with E-state index in [1.807, 2.05) is 0 Å². The number of nitriles is 1. The van der Waals surface area contributed by atoms with Gasteiger partial charge < -0.3 is 4.74 Å². The molecule has 0 saturated heterocycles. The van der Waals surface area contributed by atoms with Crippen molar-refractivity contribution < 1.29 is 17.9 Å². The Labute approximate surface area is 118 Å². The van der Waals surface area contributed by atoms with Crippen molar-refractivity contribution in [2.24, 2.45) is 0 Å². The van der Waals surface area contributed by atoms with Crippen LogP contribution in [-0.4, -0.2) is 0 Å². The van der Waals surface area contributed by atoms with Gasteiger partial charge in [-0.3, -0.25) is 0 Å². The molecule has 20 heavy (non-hydrogen) atoms. The number of hydrogen-bond acceptors (Lipinski definition) is 2. The number of benzene rings is 2. The molecule has 0 heterocycles. The first-order valence-electron chi connectivity index (χ1n) is 5.45. The van der Waals surface area contributed by atoms with Crippen molar-refractivity contribution in [3.8, 4) is 17.6 Å². The molecule has 0 aliphatic heterocycles. The monoisotopic (exact) mass is 297 g/mol. The van der Waals surface area contributed by atoms with Crippen LogP contribution in [0, 0.1) is 11.3 Å². The summed E-state index contributed by atoms with van der Waals surface area (Å²) < 4.78 is 43.3. The summed E-state index contributed by atoms with van der Waals surface area (Å²) in [5, 5.41) is 9.23. The molecule has 102 valence electrons. The smallest absolute Gasteiger partial charge is 0.417 e. The Kier molecular flexibility index (Phi) is 3.86. The van der Waals surface area contributed by atoms with Gasteiger partial charge >= 0.3 is 6.18 Å². The molecule has 0 bridgehead atoms. The predicted octanol–water partition coefficient (Wildman–Crippen LogP) is 5.02. The second-order valence-corrected chi connectivity index (χ2v) is 4.31. The lowest BCUT2D eigenvalue weighted by Crippen LogP contribution is -2.07. The van der Waals surface area contributed by atoms with Crippen LogP contribution in [0.4, 0.5) is 13.2 Å². The van der Waals surface area contributed by atoms with Crippen molar-refractivity contribution in [1.29, 1.82) is 5.26 Å². The first kappa shape index (κ1) is 14.2. The van der Waals surface area contributed by atoms with Gasteiger partial charge in [-0.1, -0.05) is 17.7 Å². The molecule has 0 aliphatic rings. The molecule has 0 fully saturated rings. The predicted molar refractivity (Wildman–Crippen MR) is 67.7 cm³/mol. The summed E-state index contributed by atoms with van der Waals surface area (Å²) in [6, 6.07) is 10.9. The summed E-state index contributed by atoms with van der Waals surface area (Å²) in [5.41, 5.74) is -1.48. The second-order valence-electron chi connectivity index (χ2n) is 3.88. The zero-order valence-corrected chi connectivity index (χ0v) is 10.7. The van der Waals surface area contributed by atoms with Crippen LogP contribution in [0.15, 0.2) is 42.5 Å². The maximum absolute atomic E-state index is 12.6. The Morgan fingerprint density at radius 3 is 2.35 bits per heavy atom. The van der Waals surface area contributed by atoms with Crippen molar-refractivity contribution in [2.45, 2.75) is 6.18 Å². The lowest BCUT2D eigenvalue weighted by Gasteiger charge is -2.11. The number of halogens is 4. The van der Waals surface area contributed by atoms with Crippen molar-refractivity contribution in [2.75, 3.05) is 0 Å². The molecule has 0 aromatic heterocycles. The van der Waals surface area contributed by atoms with E-state index in [0.717, 1.165) is 18.2 Å². The van der Waals surface area contributed by atoms with Crippen LogP contribution in [0.5, 0.6) is 11.5 Å². The highest BCUT2D eigenvalue weighted by Gasteiger charge is 2.33. The van der Waals surface area contributed by atoms with E-state index in [1.165, 1.54) is 12.1 Å². The van der Waals surface area contributed by atoms with E-state index < -0.39 is 17.3 Å². The van der Waals surface area contributed by atoms with Crippen LogP contribution in [-0.2, 0) is 6.18 Å². The molecule has 2 rings (SSSR count). The fraction of sp³-hybridized carbons (Fsp3) is 0.0714. The van der Waals surface area contributed by atoms with Gasteiger partial charge in [-0.25, -0.2) is 0 Å². The van der Waals surface area contributed by atoms with E-state index in [0.29, 0.717) is 10.8 Å². The third-order valence-electron chi connectivity index (χ3n) is 2.45. The van der Waals surface area contributed by atoms with E-state index in [-0.39, 0.29) is 5.75 Å². The molecule has 6 heteroatoms. The minimum absolute atomic E-state index is 0.136. The minimum Gasteiger partial charge on any atom is -0.457 e. The number of hydrogen-bond donors (Lipinski definition) is 0. The highest BCUT2D eigenvalue weighted by Crippen LogP contribution is 2.34. The van der Waals surface area contributed by atoms with Crippen LogP contribution in [0.25, 0.3) is 0 Å². The first-order valence-corrected chi connectivity index (χ1v) is 5.83. The third kappa shape index (κ3) is 3.22. The minimum atomic E-state index is -4.57. The average Bonchev–Trinajstić information content (AvgIpc) is 2.37. The van der Waals surface area contributed by atoms with Crippen LogP contribution in [0.1, 0.15) is 11.1 Å². The normalized spacial score (nSPS) is 10.9. The quantitative estimate of drug-likeness (QED) is 0.779. The number of ether oxygens (including phenoxy) is 1. The molecule has 0 aliphatic carbocycles. The van der Waals surface area contributed by atoms with E-state index in [1.54, 1.807) is 18.2 Å². The fourth-order valence-electron chi connectivity index (χ4n) is 1.59. The number of rotatable bonds is 2. The Morgan fingerprint density at radius 2 is 1.75 bits per heavy atom. The molecule has 0 saturated carbocycles. The average molecular weight is 298 g/mol. The highest BCUT2D eigenvalue weighted by atomic mass is 35.5. The lowest BCUT2D eigenvalue weighted by atomic mass is 10.1. The molecule has 0 N–H and O–H groups in total. The maximum atomic E-state index is 12.6. The topological polar surface area (TPSA) is 33.0 Å². The van der Waals surface area contributed by atoms with Crippen LogP contribution in [0.2, 0.25) is 5.02 Å². The number of nitrogens with zero attached hydrogens (tertiary/aromatic N) is 1. The van der Waals surface area contributed by atoms with Crippen LogP contribution < -0.4 is 4.74 Å². The van der Waals surface area contributed by atoms with Crippen molar-refractivity contribution in [3.05, 3.63) is 58.6 Å². The zero-order valence-electron chi connectivity index (χ0n) is 9.91. The molecule has 2 nitrogen and oxygen atoms in total. The van der Waals surface area contributed by atoms with E-state index in [2.05, 4.69) is 0 Å². The van der Waals surface area contributed by atoms with Crippen LogP contribution in [0.3, 0.4) is 0 Å². The largest absolute Gasteiger partial charge is 0.457 e. The second kappa shape index (κ2) is 5.43. The van der Waals surface area contributed by atoms with E-state index in [4.69, 9.17) is 21.6 Å². The number of alkyl halides is 3. The summed E-state index contributed by atoms with van der Waals surface area (Å²) in [5.74, 6) is 0.512. The third-order valence-corrected chi connectivity index (χ3v) is 2.68. The summed E-state index contributed by atoms with van der Waals surface area (Å²) >= 11 is 5.77. The van der Waals surface area contributed by atoms with Crippen molar-refractivity contribution in [1.82, 2.24) is 0 Å². The van der Waals surface area contributed by atoms with Gasteiger partial charge in [0, 0.05) is 5.02 Å². The molecule has 0 atom stereocenters. The molecule has 0 radical (unpaired) electrons. The Bertz CT molecular complexity index is 677. The summed E-state index contributed by atoms with van der Waals surface area (Å²) in [7, 11) is 0.